The number of hydrogen-bond donors (Lipinski definition) is 1. The highest BCUT2D eigenvalue weighted by molar-refractivity contribution is 7.58. The summed E-state index contributed by atoms with van der Waals surface area (Å²) in [5.74, 6) is 0.358. The van der Waals surface area contributed by atoms with Crippen molar-refractivity contribution in [2.75, 3.05) is 12.8 Å². The Morgan fingerprint density at radius 2 is 1.43 bits per heavy atom. The van der Waals surface area contributed by atoms with Crippen molar-refractivity contribution in [1.82, 2.24) is 0 Å². The lowest BCUT2D eigenvalue weighted by Crippen LogP contribution is -2.18. The van der Waals surface area contributed by atoms with Gasteiger partial charge in [-0.25, -0.2) is 0 Å². The van der Waals surface area contributed by atoms with E-state index in [1.54, 1.807) is 0 Å². The SMILES string of the molecule is CCOP(=O)(CC)Cc1cc(C(C)(C)C)c(O)c(C(C)(C)C)c1. The van der Waals surface area contributed by atoms with Gasteiger partial charge in [0.2, 0.25) is 7.37 Å². The van der Waals surface area contributed by atoms with Crippen molar-refractivity contribution in [3.8, 4) is 5.75 Å². The van der Waals surface area contributed by atoms with Gasteiger partial charge in [0.25, 0.3) is 0 Å². The van der Waals surface area contributed by atoms with Gasteiger partial charge in [0.1, 0.15) is 5.75 Å². The Morgan fingerprint density at radius 1 is 1.00 bits per heavy atom. The van der Waals surface area contributed by atoms with Crippen molar-refractivity contribution < 1.29 is 14.2 Å². The molecule has 23 heavy (non-hydrogen) atoms. The third kappa shape index (κ3) is 5.09. The minimum atomic E-state index is -2.66. The smallest absolute Gasteiger partial charge is 0.207 e. The molecule has 1 N–H and O–H groups in total. The van der Waals surface area contributed by atoms with Crippen LogP contribution in [0.15, 0.2) is 12.1 Å². The van der Waals surface area contributed by atoms with Crippen LogP contribution in [-0.4, -0.2) is 17.9 Å². The Labute approximate surface area is 141 Å². The van der Waals surface area contributed by atoms with Crippen LogP contribution in [0.25, 0.3) is 0 Å². The molecule has 132 valence electrons. The fourth-order valence-electron chi connectivity index (χ4n) is 2.69. The van der Waals surface area contributed by atoms with Gasteiger partial charge in [-0.1, -0.05) is 60.6 Å². The Hall–Kier alpha value is -0.790. The van der Waals surface area contributed by atoms with Gasteiger partial charge in [-0.05, 0) is 34.4 Å². The largest absolute Gasteiger partial charge is 0.507 e. The summed E-state index contributed by atoms with van der Waals surface area (Å²) in [5.41, 5.74) is 2.43. The molecule has 1 unspecified atom stereocenters. The van der Waals surface area contributed by atoms with Crippen molar-refractivity contribution in [2.45, 2.75) is 72.4 Å². The van der Waals surface area contributed by atoms with Gasteiger partial charge in [-0.2, -0.15) is 0 Å². The molecule has 0 saturated heterocycles. The Bertz CT molecular complexity index is 557. The molecule has 0 aliphatic heterocycles. The highest BCUT2D eigenvalue weighted by Crippen LogP contribution is 2.51. The molecule has 3 nitrogen and oxygen atoms in total. The van der Waals surface area contributed by atoms with Crippen LogP contribution in [0, 0.1) is 0 Å². The summed E-state index contributed by atoms with van der Waals surface area (Å²) < 4.78 is 18.4. The molecule has 1 aromatic carbocycles. The standard InChI is InChI=1S/C19H33O3P/c1-9-22-23(21,10-2)13-14-11-15(18(3,4)5)17(20)16(12-14)19(6,7)8/h11-12,20H,9-10,13H2,1-8H3. The average Bonchev–Trinajstić information content (AvgIpc) is 2.38. The minimum absolute atomic E-state index is 0.179. The van der Waals surface area contributed by atoms with Crippen LogP contribution in [-0.2, 0) is 26.1 Å². The van der Waals surface area contributed by atoms with E-state index in [2.05, 4.69) is 41.5 Å². The molecule has 0 aromatic heterocycles. The second-order valence-electron chi connectivity index (χ2n) is 8.25. The molecule has 0 heterocycles. The number of rotatable bonds is 5. The Morgan fingerprint density at radius 3 is 1.74 bits per heavy atom. The minimum Gasteiger partial charge on any atom is -0.507 e. The van der Waals surface area contributed by atoms with Crippen molar-refractivity contribution in [3.05, 3.63) is 28.8 Å². The van der Waals surface area contributed by atoms with Crippen LogP contribution < -0.4 is 0 Å². The lowest BCUT2D eigenvalue weighted by Gasteiger charge is -2.29. The predicted octanol–water partition coefficient (Wildman–Crippen LogP) is 5.82. The first-order valence-corrected chi connectivity index (χ1v) is 10.4. The first-order chi connectivity index (χ1) is 10.3. The molecule has 0 bridgehead atoms. The van der Waals surface area contributed by atoms with Crippen molar-refractivity contribution in [3.63, 3.8) is 0 Å². The van der Waals surface area contributed by atoms with Gasteiger partial charge in [-0.15, -0.1) is 0 Å². The van der Waals surface area contributed by atoms with Crippen LogP contribution in [0.5, 0.6) is 5.75 Å². The molecule has 0 aliphatic rings. The second kappa shape index (κ2) is 6.99. The van der Waals surface area contributed by atoms with E-state index in [0.29, 0.717) is 24.7 Å². The third-order valence-corrected chi connectivity index (χ3v) is 6.59. The maximum absolute atomic E-state index is 12.9. The maximum atomic E-state index is 12.9. The lowest BCUT2D eigenvalue weighted by molar-refractivity contribution is 0.333. The zero-order chi connectivity index (χ0) is 18.1. The first-order valence-electron chi connectivity index (χ1n) is 8.43. The number of phenols is 1. The molecule has 0 amide bonds. The number of benzene rings is 1. The highest BCUT2D eigenvalue weighted by atomic mass is 31.2. The van der Waals surface area contributed by atoms with Crippen molar-refractivity contribution >= 4 is 7.37 Å². The molecule has 0 radical (unpaired) electrons. The average molecular weight is 340 g/mol. The normalized spacial score (nSPS) is 15.5. The van der Waals surface area contributed by atoms with Crippen molar-refractivity contribution in [1.29, 1.82) is 0 Å². The van der Waals surface area contributed by atoms with Gasteiger partial charge < -0.3 is 9.63 Å². The lowest BCUT2D eigenvalue weighted by atomic mass is 9.78. The summed E-state index contributed by atoms with van der Waals surface area (Å²) in [6.45, 7) is 16.7. The van der Waals surface area contributed by atoms with E-state index in [1.807, 2.05) is 26.0 Å². The van der Waals surface area contributed by atoms with Gasteiger partial charge >= 0.3 is 0 Å². The van der Waals surface area contributed by atoms with Gasteiger partial charge in [0.05, 0.1) is 6.61 Å². The Balaban J connectivity index is 3.48. The topological polar surface area (TPSA) is 46.5 Å². The van der Waals surface area contributed by atoms with Crippen LogP contribution in [0.4, 0.5) is 0 Å². The molecule has 1 rings (SSSR count). The molecule has 4 heteroatoms. The highest BCUT2D eigenvalue weighted by Gasteiger charge is 2.28. The predicted molar refractivity (Wildman–Crippen MR) is 99.0 cm³/mol. The number of hydrogen-bond acceptors (Lipinski definition) is 3. The van der Waals surface area contributed by atoms with Crippen LogP contribution in [0.3, 0.4) is 0 Å². The Kier molecular flexibility index (Phi) is 6.15. The number of aromatic hydroxyl groups is 1. The summed E-state index contributed by atoms with van der Waals surface area (Å²) in [6.07, 6.45) is 0.946. The summed E-state index contributed by atoms with van der Waals surface area (Å²) in [6, 6.07) is 3.98. The van der Waals surface area contributed by atoms with Crippen LogP contribution >= 0.6 is 7.37 Å². The first kappa shape index (κ1) is 20.3. The van der Waals surface area contributed by atoms with Crippen molar-refractivity contribution in [2.24, 2.45) is 0 Å². The van der Waals surface area contributed by atoms with E-state index in [4.69, 9.17) is 4.52 Å². The zero-order valence-corrected chi connectivity index (χ0v) is 16.9. The molecular weight excluding hydrogens is 307 g/mol. The summed E-state index contributed by atoms with van der Waals surface area (Å²) >= 11 is 0. The fourth-order valence-corrected chi connectivity index (χ4v) is 4.40. The fraction of sp³-hybridized carbons (Fsp3) is 0.684. The molecule has 1 aromatic rings. The van der Waals surface area contributed by atoms with E-state index in [0.717, 1.165) is 16.7 Å². The van der Waals surface area contributed by atoms with Gasteiger partial charge in [0, 0.05) is 12.3 Å². The molecule has 0 aliphatic carbocycles. The maximum Gasteiger partial charge on any atom is 0.207 e. The zero-order valence-electron chi connectivity index (χ0n) is 16.0. The van der Waals surface area contributed by atoms with Gasteiger partial charge in [-0.3, -0.25) is 4.57 Å². The molecule has 0 fully saturated rings. The van der Waals surface area contributed by atoms with E-state index >= 15 is 0 Å². The molecule has 0 spiro atoms. The number of phenolic OH excluding ortho intramolecular Hbond substituents is 1. The summed E-state index contributed by atoms with van der Waals surface area (Å²) in [4.78, 5) is 0. The van der Waals surface area contributed by atoms with Gasteiger partial charge in [0.15, 0.2) is 0 Å². The van der Waals surface area contributed by atoms with E-state index in [-0.39, 0.29) is 10.8 Å². The summed E-state index contributed by atoms with van der Waals surface area (Å²) in [7, 11) is -2.66. The second-order valence-corrected chi connectivity index (χ2v) is 11.1. The third-order valence-electron chi connectivity index (χ3n) is 4.06. The van der Waals surface area contributed by atoms with E-state index in [1.165, 1.54) is 0 Å². The van der Waals surface area contributed by atoms with Crippen LogP contribution in [0.2, 0.25) is 0 Å². The van der Waals surface area contributed by atoms with Crippen LogP contribution in [0.1, 0.15) is 72.1 Å². The molecular formula is C19H33O3P. The monoisotopic (exact) mass is 340 g/mol. The van der Waals surface area contributed by atoms with E-state index < -0.39 is 7.37 Å². The van der Waals surface area contributed by atoms with E-state index in [9.17, 15) is 9.67 Å². The summed E-state index contributed by atoms with van der Waals surface area (Å²) in [5, 5.41) is 10.7. The molecule has 0 saturated carbocycles. The quantitative estimate of drug-likeness (QED) is 0.687. The molecule has 1 atom stereocenters.